The molecule has 2 rings (SSSR count). The number of aromatic nitrogens is 3. The van der Waals surface area contributed by atoms with Crippen LogP contribution in [-0.4, -0.2) is 33.8 Å². The fourth-order valence-corrected chi connectivity index (χ4v) is 2.43. The average molecular weight is 274 g/mol. The maximum atomic E-state index is 5.47. The monoisotopic (exact) mass is 274 g/mol. The molecule has 0 atom stereocenters. The molecule has 20 heavy (non-hydrogen) atoms. The molecule has 0 aliphatic rings. The Kier molecular flexibility index (Phi) is 4.74. The fraction of sp³-hybridized carbons (Fsp3) is 0.467. The van der Waals surface area contributed by atoms with E-state index in [-0.39, 0.29) is 0 Å². The molecule has 2 aromatic heterocycles. The van der Waals surface area contributed by atoms with Crippen molar-refractivity contribution < 1.29 is 4.74 Å². The lowest BCUT2D eigenvalue weighted by atomic mass is 10.1. The Morgan fingerprint density at radius 3 is 2.55 bits per heavy atom. The third-order valence-electron chi connectivity index (χ3n) is 3.33. The van der Waals surface area contributed by atoms with Crippen LogP contribution in [0.3, 0.4) is 0 Å². The summed E-state index contributed by atoms with van der Waals surface area (Å²) in [6.07, 6.45) is 4.56. The minimum absolute atomic E-state index is 0.822. The van der Waals surface area contributed by atoms with Gasteiger partial charge in [-0.1, -0.05) is 6.92 Å². The summed E-state index contributed by atoms with van der Waals surface area (Å²) < 4.78 is 7.29. The number of ether oxygens (including phenoxy) is 1. The fourth-order valence-electron chi connectivity index (χ4n) is 2.43. The van der Waals surface area contributed by atoms with E-state index in [4.69, 9.17) is 4.74 Å². The van der Waals surface area contributed by atoms with E-state index in [0.717, 1.165) is 31.1 Å². The topological polar surface area (TPSA) is 43.2 Å². The predicted molar refractivity (Wildman–Crippen MR) is 78.5 cm³/mol. The first-order valence-electron chi connectivity index (χ1n) is 6.81. The summed E-state index contributed by atoms with van der Waals surface area (Å²) in [4.78, 5) is 6.30. The summed E-state index contributed by atoms with van der Waals surface area (Å²) in [5, 5.41) is 4.52. The van der Waals surface area contributed by atoms with Gasteiger partial charge in [-0.25, -0.2) is 4.68 Å². The highest BCUT2D eigenvalue weighted by atomic mass is 16.5. The Labute approximate surface area is 120 Å². The molecule has 0 saturated carbocycles. The van der Waals surface area contributed by atoms with Crippen molar-refractivity contribution >= 4 is 0 Å². The smallest absolute Gasteiger partial charge is 0.216 e. The maximum absolute atomic E-state index is 5.47. The minimum Gasteiger partial charge on any atom is -0.481 e. The van der Waals surface area contributed by atoms with Gasteiger partial charge in [-0.2, -0.15) is 5.10 Å². The van der Waals surface area contributed by atoms with Crippen LogP contribution in [0, 0.1) is 0 Å². The van der Waals surface area contributed by atoms with Crippen molar-refractivity contribution in [3.63, 3.8) is 0 Å². The number of methoxy groups -OCH3 is 1. The molecule has 0 bridgehead atoms. The first-order chi connectivity index (χ1) is 9.65. The van der Waals surface area contributed by atoms with Gasteiger partial charge in [0.2, 0.25) is 5.88 Å². The standard InChI is InChI=1S/C15H22N4O/c1-5-14-13(15(20-4)19(3)17-14)11-18(2)10-12-6-8-16-9-7-12/h6-9H,5,10-11H2,1-4H3. The number of aryl methyl sites for hydroxylation is 2. The van der Waals surface area contributed by atoms with Crippen molar-refractivity contribution in [1.29, 1.82) is 0 Å². The zero-order valence-corrected chi connectivity index (χ0v) is 12.6. The summed E-state index contributed by atoms with van der Waals surface area (Å²) in [5.41, 5.74) is 3.53. The van der Waals surface area contributed by atoms with Gasteiger partial charge in [0.15, 0.2) is 0 Å². The van der Waals surface area contributed by atoms with Crippen LogP contribution >= 0.6 is 0 Å². The Bertz CT molecular complexity index is 551. The predicted octanol–water partition coefficient (Wildman–Crippen LogP) is 2.02. The lowest BCUT2D eigenvalue weighted by molar-refractivity contribution is 0.305. The van der Waals surface area contributed by atoms with Crippen LogP contribution < -0.4 is 4.74 Å². The minimum atomic E-state index is 0.822. The number of rotatable bonds is 6. The van der Waals surface area contributed by atoms with Crippen molar-refractivity contribution in [3.8, 4) is 5.88 Å². The number of pyridine rings is 1. The number of nitrogens with zero attached hydrogens (tertiary/aromatic N) is 4. The third kappa shape index (κ3) is 3.17. The van der Waals surface area contributed by atoms with Gasteiger partial charge in [-0.15, -0.1) is 0 Å². The second-order valence-corrected chi connectivity index (χ2v) is 4.94. The molecular weight excluding hydrogens is 252 g/mol. The van der Waals surface area contributed by atoms with E-state index in [0.29, 0.717) is 0 Å². The summed E-state index contributed by atoms with van der Waals surface area (Å²) in [6, 6.07) is 4.08. The van der Waals surface area contributed by atoms with E-state index in [1.807, 2.05) is 36.3 Å². The number of hydrogen-bond acceptors (Lipinski definition) is 4. The first-order valence-corrected chi connectivity index (χ1v) is 6.81. The second kappa shape index (κ2) is 6.52. The summed E-state index contributed by atoms with van der Waals surface area (Å²) in [5.74, 6) is 0.850. The Balaban J connectivity index is 2.13. The molecule has 0 unspecified atom stereocenters. The van der Waals surface area contributed by atoms with Gasteiger partial charge >= 0.3 is 0 Å². The summed E-state index contributed by atoms with van der Waals surface area (Å²) in [7, 11) is 5.72. The summed E-state index contributed by atoms with van der Waals surface area (Å²) in [6.45, 7) is 3.82. The van der Waals surface area contributed by atoms with Crippen LogP contribution in [-0.2, 0) is 26.6 Å². The largest absolute Gasteiger partial charge is 0.481 e. The highest BCUT2D eigenvalue weighted by Crippen LogP contribution is 2.23. The molecule has 2 heterocycles. The molecule has 0 saturated heterocycles. The van der Waals surface area contributed by atoms with Crippen molar-refractivity contribution in [2.75, 3.05) is 14.2 Å². The Morgan fingerprint density at radius 2 is 1.95 bits per heavy atom. The van der Waals surface area contributed by atoms with E-state index < -0.39 is 0 Å². The van der Waals surface area contributed by atoms with Gasteiger partial charge in [-0.05, 0) is 31.2 Å². The van der Waals surface area contributed by atoms with E-state index in [2.05, 4.69) is 29.0 Å². The van der Waals surface area contributed by atoms with E-state index in [1.165, 1.54) is 11.1 Å². The van der Waals surface area contributed by atoms with Crippen LogP contribution in [0.15, 0.2) is 24.5 Å². The van der Waals surface area contributed by atoms with Gasteiger partial charge in [0.1, 0.15) is 0 Å². The average Bonchev–Trinajstić information content (AvgIpc) is 2.75. The van der Waals surface area contributed by atoms with Gasteiger partial charge in [-0.3, -0.25) is 9.88 Å². The van der Waals surface area contributed by atoms with Crippen molar-refractivity contribution in [2.24, 2.45) is 7.05 Å². The molecular formula is C15H22N4O. The lowest BCUT2D eigenvalue weighted by Crippen LogP contribution is -2.18. The Morgan fingerprint density at radius 1 is 1.25 bits per heavy atom. The first kappa shape index (κ1) is 14.5. The van der Waals surface area contributed by atoms with E-state index in [9.17, 15) is 0 Å². The van der Waals surface area contributed by atoms with E-state index >= 15 is 0 Å². The quantitative estimate of drug-likeness (QED) is 0.808. The molecule has 108 valence electrons. The van der Waals surface area contributed by atoms with Crippen LogP contribution in [0.2, 0.25) is 0 Å². The molecule has 0 aliphatic carbocycles. The normalized spacial score (nSPS) is 11.1. The Hall–Kier alpha value is -1.88. The SMILES string of the molecule is CCc1nn(C)c(OC)c1CN(C)Cc1ccncc1. The molecule has 0 N–H and O–H groups in total. The molecule has 0 amide bonds. The zero-order chi connectivity index (χ0) is 14.5. The molecule has 0 spiro atoms. The molecule has 0 fully saturated rings. The highest BCUT2D eigenvalue weighted by molar-refractivity contribution is 5.31. The van der Waals surface area contributed by atoms with Crippen molar-refractivity contribution in [2.45, 2.75) is 26.4 Å². The third-order valence-corrected chi connectivity index (χ3v) is 3.33. The molecule has 2 aromatic rings. The highest BCUT2D eigenvalue weighted by Gasteiger charge is 2.17. The van der Waals surface area contributed by atoms with Crippen LogP contribution in [0.5, 0.6) is 5.88 Å². The van der Waals surface area contributed by atoms with Gasteiger partial charge < -0.3 is 4.74 Å². The lowest BCUT2D eigenvalue weighted by Gasteiger charge is -2.17. The van der Waals surface area contributed by atoms with Crippen molar-refractivity contribution in [1.82, 2.24) is 19.7 Å². The van der Waals surface area contributed by atoms with E-state index in [1.54, 1.807) is 7.11 Å². The van der Waals surface area contributed by atoms with Crippen LogP contribution in [0.25, 0.3) is 0 Å². The van der Waals surface area contributed by atoms with Crippen LogP contribution in [0.1, 0.15) is 23.7 Å². The molecule has 5 nitrogen and oxygen atoms in total. The molecule has 5 heteroatoms. The van der Waals surface area contributed by atoms with Crippen LogP contribution in [0.4, 0.5) is 0 Å². The molecule has 0 aromatic carbocycles. The number of hydrogen-bond donors (Lipinski definition) is 0. The zero-order valence-electron chi connectivity index (χ0n) is 12.6. The van der Waals surface area contributed by atoms with Gasteiger partial charge in [0, 0.05) is 32.5 Å². The van der Waals surface area contributed by atoms with Gasteiger partial charge in [0.05, 0.1) is 18.4 Å². The molecule has 0 aliphatic heterocycles. The van der Waals surface area contributed by atoms with Crippen molar-refractivity contribution in [3.05, 3.63) is 41.3 Å². The molecule has 0 radical (unpaired) electrons. The maximum Gasteiger partial charge on any atom is 0.216 e. The van der Waals surface area contributed by atoms with Gasteiger partial charge in [0.25, 0.3) is 0 Å². The second-order valence-electron chi connectivity index (χ2n) is 4.94. The summed E-state index contributed by atoms with van der Waals surface area (Å²) >= 11 is 0.